The van der Waals surface area contributed by atoms with Crippen molar-refractivity contribution in [2.24, 2.45) is 0 Å². The predicted octanol–water partition coefficient (Wildman–Crippen LogP) is 2.94. The van der Waals surface area contributed by atoms with Crippen molar-refractivity contribution in [1.82, 2.24) is 4.98 Å². The number of carbonyl (C=O) groups excluding carboxylic acids is 2. The van der Waals surface area contributed by atoms with Gasteiger partial charge in [-0.25, -0.2) is 0 Å². The van der Waals surface area contributed by atoms with E-state index in [4.69, 9.17) is 4.74 Å². The summed E-state index contributed by atoms with van der Waals surface area (Å²) in [6.45, 7) is -0.563. The van der Waals surface area contributed by atoms with Crippen molar-refractivity contribution in [2.45, 2.75) is 6.42 Å². The maximum absolute atomic E-state index is 13.3. The minimum absolute atomic E-state index is 0.0146. The molecule has 0 saturated heterocycles. The van der Waals surface area contributed by atoms with Crippen molar-refractivity contribution in [1.29, 1.82) is 0 Å². The molecule has 0 atom stereocenters. The van der Waals surface area contributed by atoms with E-state index >= 15 is 0 Å². The molecule has 1 aromatic heterocycles. The molecule has 0 radical (unpaired) electrons. The molecule has 0 saturated carbocycles. The number of esters is 1. The maximum Gasteiger partial charge on any atom is 0.310 e. The summed E-state index contributed by atoms with van der Waals surface area (Å²) in [5.41, 5.74) is 0.894. The van der Waals surface area contributed by atoms with E-state index in [9.17, 15) is 24.1 Å². The van der Waals surface area contributed by atoms with Crippen molar-refractivity contribution < 1.29 is 23.6 Å². The summed E-state index contributed by atoms with van der Waals surface area (Å²) >= 11 is 0. The van der Waals surface area contributed by atoms with Crippen molar-refractivity contribution in [2.75, 3.05) is 11.9 Å². The molecule has 0 bridgehead atoms. The van der Waals surface area contributed by atoms with E-state index in [2.05, 4.69) is 10.3 Å². The highest BCUT2D eigenvalue weighted by molar-refractivity contribution is 5.93. The lowest BCUT2D eigenvalue weighted by atomic mass is 10.1. The van der Waals surface area contributed by atoms with Gasteiger partial charge in [0.15, 0.2) is 6.61 Å². The van der Waals surface area contributed by atoms with Gasteiger partial charge in [0.05, 0.1) is 11.3 Å². The zero-order chi connectivity index (χ0) is 19.4. The number of nitrogens with one attached hydrogen (secondary N) is 2. The summed E-state index contributed by atoms with van der Waals surface area (Å²) in [6, 6.07) is 10.4. The Hall–Kier alpha value is -3.75. The number of para-hydroxylation sites is 1. The lowest BCUT2D eigenvalue weighted by Crippen LogP contribution is -2.21. The number of halogens is 1. The number of ether oxygens (including phenoxy) is 1. The number of anilines is 1. The van der Waals surface area contributed by atoms with Crippen LogP contribution in [-0.2, 0) is 20.7 Å². The third-order valence-corrected chi connectivity index (χ3v) is 3.80. The molecular weight excluding hydrogens is 357 g/mol. The Kier molecular flexibility index (Phi) is 5.11. The summed E-state index contributed by atoms with van der Waals surface area (Å²) in [5.74, 6) is -2.30. The van der Waals surface area contributed by atoms with Crippen LogP contribution in [0, 0.1) is 15.9 Å². The molecule has 1 heterocycles. The minimum Gasteiger partial charge on any atom is -0.455 e. The lowest BCUT2D eigenvalue weighted by molar-refractivity contribution is -0.387. The van der Waals surface area contributed by atoms with Gasteiger partial charge in [0.2, 0.25) is 5.82 Å². The van der Waals surface area contributed by atoms with Crippen LogP contribution in [-0.4, -0.2) is 28.4 Å². The highest BCUT2D eigenvalue weighted by Crippen LogP contribution is 2.21. The largest absolute Gasteiger partial charge is 0.455 e. The van der Waals surface area contributed by atoms with E-state index in [1.54, 1.807) is 6.20 Å². The van der Waals surface area contributed by atoms with Gasteiger partial charge in [0, 0.05) is 28.9 Å². The Morgan fingerprint density at radius 1 is 1.22 bits per heavy atom. The van der Waals surface area contributed by atoms with Crippen LogP contribution in [0.1, 0.15) is 5.56 Å². The topological polar surface area (TPSA) is 114 Å². The van der Waals surface area contributed by atoms with Crippen molar-refractivity contribution >= 4 is 34.2 Å². The first-order chi connectivity index (χ1) is 12.9. The van der Waals surface area contributed by atoms with Gasteiger partial charge in [0.25, 0.3) is 5.91 Å². The standard InChI is InChI=1S/C18H14FN3O5/c19-14-6-5-12(8-16(14)22(25)26)21-17(23)10-27-18(24)7-11-9-20-15-4-2-1-3-13(11)15/h1-6,8-9,20H,7,10H2,(H,21,23). The number of nitrogens with zero attached hydrogens (tertiary/aromatic N) is 1. The van der Waals surface area contributed by atoms with Gasteiger partial charge >= 0.3 is 11.7 Å². The smallest absolute Gasteiger partial charge is 0.310 e. The van der Waals surface area contributed by atoms with Gasteiger partial charge in [-0.1, -0.05) is 18.2 Å². The fraction of sp³-hybridized carbons (Fsp3) is 0.111. The molecule has 3 aromatic rings. The van der Waals surface area contributed by atoms with Gasteiger partial charge in [-0.2, -0.15) is 4.39 Å². The molecule has 2 aromatic carbocycles. The molecule has 0 aliphatic rings. The zero-order valence-electron chi connectivity index (χ0n) is 13.9. The Bertz CT molecular complexity index is 1030. The molecule has 138 valence electrons. The van der Waals surface area contributed by atoms with Gasteiger partial charge in [-0.05, 0) is 23.8 Å². The van der Waals surface area contributed by atoms with E-state index in [1.165, 1.54) is 6.07 Å². The molecule has 0 aliphatic carbocycles. The molecule has 9 heteroatoms. The fourth-order valence-corrected chi connectivity index (χ4v) is 2.56. The van der Waals surface area contributed by atoms with Gasteiger partial charge < -0.3 is 15.0 Å². The van der Waals surface area contributed by atoms with E-state index in [-0.39, 0.29) is 12.1 Å². The zero-order valence-corrected chi connectivity index (χ0v) is 13.9. The quantitative estimate of drug-likeness (QED) is 0.393. The Morgan fingerprint density at radius 3 is 2.78 bits per heavy atom. The number of fused-ring (bicyclic) bond motifs is 1. The summed E-state index contributed by atoms with van der Waals surface area (Å²) in [4.78, 5) is 36.6. The van der Waals surface area contributed by atoms with Gasteiger partial charge in [0.1, 0.15) is 0 Å². The summed E-state index contributed by atoms with van der Waals surface area (Å²) in [7, 11) is 0. The highest BCUT2D eigenvalue weighted by atomic mass is 19.1. The highest BCUT2D eigenvalue weighted by Gasteiger charge is 2.16. The first kappa shape index (κ1) is 18.1. The summed E-state index contributed by atoms with van der Waals surface area (Å²) in [6.07, 6.45) is 1.68. The molecule has 1 amide bonds. The monoisotopic (exact) mass is 371 g/mol. The Morgan fingerprint density at radius 2 is 2.00 bits per heavy atom. The molecule has 27 heavy (non-hydrogen) atoms. The predicted molar refractivity (Wildman–Crippen MR) is 94.6 cm³/mol. The summed E-state index contributed by atoms with van der Waals surface area (Å²) < 4.78 is 18.2. The van der Waals surface area contributed by atoms with Crippen LogP contribution in [0.4, 0.5) is 15.8 Å². The minimum atomic E-state index is -1.01. The van der Waals surface area contributed by atoms with Crippen LogP contribution >= 0.6 is 0 Å². The van der Waals surface area contributed by atoms with Crippen molar-refractivity contribution in [3.63, 3.8) is 0 Å². The second-order valence-corrected chi connectivity index (χ2v) is 5.67. The average molecular weight is 371 g/mol. The van der Waals surface area contributed by atoms with E-state index in [0.717, 1.165) is 28.6 Å². The number of hydrogen-bond acceptors (Lipinski definition) is 5. The number of H-pyrrole nitrogens is 1. The third-order valence-electron chi connectivity index (χ3n) is 3.80. The number of benzene rings is 2. The van der Waals surface area contributed by atoms with Crippen LogP contribution < -0.4 is 5.32 Å². The fourth-order valence-electron chi connectivity index (χ4n) is 2.56. The second-order valence-electron chi connectivity index (χ2n) is 5.67. The normalized spacial score (nSPS) is 10.6. The number of nitro groups is 1. The average Bonchev–Trinajstić information content (AvgIpc) is 3.04. The number of aromatic amines is 1. The SMILES string of the molecule is O=C(COC(=O)Cc1c[nH]c2ccccc12)Nc1ccc(F)c([N+](=O)[O-])c1. The molecule has 3 rings (SSSR count). The van der Waals surface area contributed by atoms with E-state index < -0.39 is 34.9 Å². The number of aromatic nitrogens is 1. The number of carbonyl (C=O) groups is 2. The first-order valence-corrected chi connectivity index (χ1v) is 7.88. The van der Waals surface area contributed by atoms with Crippen molar-refractivity contribution in [3.8, 4) is 0 Å². The first-order valence-electron chi connectivity index (χ1n) is 7.88. The van der Waals surface area contributed by atoms with Crippen LogP contribution in [0.25, 0.3) is 10.9 Å². The molecule has 8 nitrogen and oxygen atoms in total. The van der Waals surface area contributed by atoms with Crippen molar-refractivity contribution in [3.05, 3.63) is 70.2 Å². The lowest BCUT2D eigenvalue weighted by Gasteiger charge is -2.07. The molecular formula is C18H14FN3O5. The van der Waals surface area contributed by atoms with Gasteiger partial charge in [-0.3, -0.25) is 19.7 Å². The second kappa shape index (κ2) is 7.65. The molecule has 2 N–H and O–H groups in total. The Balaban J connectivity index is 1.55. The number of nitro benzene ring substituents is 1. The van der Waals surface area contributed by atoms with E-state index in [0.29, 0.717) is 0 Å². The molecule has 0 fully saturated rings. The summed E-state index contributed by atoms with van der Waals surface area (Å²) in [5, 5.41) is 13.9. The molecule has 0 unspecified atom stereocenters. The molecule has 0 aliphatic heterocycles. The van der Waals surface area contributed by atoms with E-state index in [1.807, 2.05) is 24.3 Å². The van der Waals surface area contributed by atoms with Crippen LogP contribution in [0.2, 0.25) is 0 Å². The number of rotatable bonds is 6. The van der Waals surface area contributed by atoms with Crippen LogP contribution in [0.3, 0.4) is 0 Å². The third kappa shape index (κ3) is 4.27. The Labute approximate surface area is 152 Å². The molecule has 0 spiro atoms. The van der Waals surface area contributed by atoms with Crippen LogP contribution in [0.5, 0.6) is 0 Å². The number of amides is 1. The maximum atomic E-state index is 13.3. The van der Waals surface area contributed by atoms with Crippen LogP contribution in [0.15, 0.2) is 48.7 Å². The number of hydrogen-bond donors (Lipinski definition) is 2. The van der Waals surface area contributed by atoms with Gasteiger partial charge in [-0.15, -0.1) is 0 Å².